The number of hydrogen-bond donors (Lipinski definition) is 2. The third-order valence-corrected chi connectivity index (χ3v) is 7.63. The van der Waals surface area contributed by atoms with Gasteiger partial charge in [-0.1, -0.05) is 27.2 Å². The molecule has 2 saturated carbocycles. The molecule has 0 aromatic heterocycles. The zero-order valence-electron chi connectivity index (χ0n) is 17.7. The van der Waals surface area contributed by atoms with E-state index in [-0.39, 0.29) is 16.7 Å². The summed E-state index contributed by atoms with van der Waals surface area (Å²) in [6.45, 7) is 8.90. The fourth-order valence-electron chi connectivity index (χ4n) is 6.45. The number of benzene rings is 1. The van der Waals surface area contributed by atoms with Crippen molar-refractivity contribution in [2.24, 2.45) is 22.7 Å². The van der Waals surface area contributed by atoms with Crippen LogP contribution in [-0.2, 0) is 0 Å². The van der Waals surface area contributed by atoms with Gasteiger partial charge in [-0.2, -0.15) is 0 Å². The van der Waals surface area contributed by atoms with Crippen LogP contribution < -0.4 is 9.47 Å². The molecule has 0 aliphatic heterocycles. The molecule has 0 radical (unpaired) electrons. The molecule has 1 aromatic carbocycles. The first-order chi connectivity index (χ1) is 12.5. The van der Waals surface area contributed by atoms with E-state index in [2.05, 4.69) is 20.8 Å². The van der Waals surface area contributed by atoms with Crippen LogP contribution in [0.2, 0.25) is 0 Å². The van der Waals surface area contributed by atoms with E-state index in [0.29, 0.717) is 17.4 Å². The lowest BCUT2D eigenvalue weighted by Gasteiger charge is -2.62. The number of aliphatic hydroxyl groups is 2. The van der Waals surface area contributed by atoms with Crippen LogP contribution in [0.3, 0.4) is 0 Å². The SMILES string of the molecule is COc1cc(OC)cc(C(O)C2C(C)(O)CCC3C(C)(C)CCCC32C)c1. The molecule has 2 aliphatic rings. The maximum absolute atomic E-state index is 11.5. The quantitative estimate of drug-likeness (QED) is 0.797. The maximum atomic E-state index is 11.5. The predicted molar refractivity (Wildman–Crippen MR) is 107 cm³/mol. The van der Waals surface area contributed by atoms with Gasteiger partial charge in [0.2, 0.25) is 0 Å². The second kappa shape index (κ2) is 6.97. The Labute approximate surface area is 163 Å². The fraction of sp³-hybridized carbons (Fsp3) is 0.739. The van der Waals surface area contributed by atoms with Crippen LogP contribution in [0.4, 0.5) is 0 Å². The van der Waals surface area contributed by atoms with Crippen LogP contribution in [0.5, 0.6) is 11.5 Å². The summed E-state index contributed by atoms with van der Waals surface area (Å²) in [5.74, 6) is 1.57. The Kier molecular flexibility index (Phi) is 5.28. The second-order valence-corrected chi connectivity index (χ2v) is 9.86. The van der Waals surface area contributed by atoms with Gasteiger partial charge in [-0.25, -0.2) is 0 Å². The van der Waals surface area contributed by atoms with Gasteiger partial charge >= 0.3 is 0 Å². The zero-order chi connectivity index (χ0) is 20.0. The molecule has 152 valence electrons. The van der Waals surface area contributed by atoms with Gasteiger partial charge < -0.3 is 19.7 Å². The molecule has 0 spiro atoms. The van der Waals surface area contributed by atoms with E-state index in [9.17, 15) is 10.2 Å². The molecule has 2 N–H and O–H groups in total. The Balaban J connectivity index is 2.06. The van der Waals surface area contributed by atoms with E-state index in [4.69, 9.17) is 9.47 Å². The topological polar surface area (TPSA) is 58.9 Å². The number of fused-ring (bicyclic) bond motifs is 1. The van der Waals surface area contributed by atoms with E-state index in [1.807, 2.05) is 25.1 Å². The summed E-state index contributed by atoms with van der Waals surface area (Å²) in [4.78, 5) is 0. The van der Waals surface area contributed by atoms with Gasteiger partial charge in [0.25, 0.3) is 0 Å². The van der Waals surface area contributed by atoms with Crippen molar-refractivity contribution in [3.8, 4) is 11.5 Å². The van der Waals surface area contributed by atoms with Crippen molar-refractivity contribution in [2.75, 3.05) is 14.2 Å². The van der Waals surface area contributed by atoms with Gasteiger partial charge in [0, 0.05) is 12.0 Å². The summed E-state index contributed by atoms with van der Waals surface area (Å²) < 4.78 is 10.8. The highest BCUT2D eigenvalue weighted by Crippen LogP contribution is 2.64. The number of ether oxygens (including phenoxy) is 2. The highest BCUT2D eigenvalue weighted by molar-refractivity contribution is 5.40. The molecular formula is C23H36O4. The summed E-state index contributed by atoms with van der Waals surface area (Å²) in [5, 5.41) is 22.9. The van der Waals surface area contributed by atoms with Crippen molar-refractivity contribution < 1.29 is 19.7 Å². The van der Waals surface area contributed by atoms with Gasteiger partial charge in [0.1, 0.15) is 11.5 Å². The molecule has 0 bridgehead atoms. The third-order valence-electron chi connectivity index (χ3n) is 7.63. The van der Waals surface area contributed by atoms with Gasteiger partial charge in [-0.15, -0.1) is 0 Å². The van der Waals surface area contributed by atoms with E-state index in [1.54, 1.807) is 14.2 Å². The largest absolute Gasteiger partial charge is 0.497 e. The molecule has 4 nitrogen and oxygen atoms in total. The van der Waals surface area contributed by atoms with E-state index < -0.39 is 11.7 Å². The lowest BCUT2D eigenvalue weighted by molar-refractivity contribution is -0.201. The molecule has 0 heterocycles. The molecular weight excluding hydrogens is 340 g/mol. The molecule has 2 fully saturated rings. The molecule has 4 heteroatoms. The summed E-state index contributed by atoms with van der Waals surface area (Å²) in [5.41, 5.74) is -0.0389. The van der Waals surface area contributed by atoms with Crippen LogP contribution in [0, 0.1) is 22.7 Å². The highest BCUT2D eigenvalue weighted by Gasteiger charge is 2.60. The second-order valence-electron chi connectivity index (χ2n) is 9.86. The fourth-order valence-corrected chi connectivity index (χ4v) is 6.45. The number of aliphatic hydroxyl groups excluding tert-OH is 1. The van der Waals surface area contributed by atoms with E-state index in [0.717, 1.165) is 31.2 Å². The van der Waals surface area contributed by atoms with Gasteiger partial charge in [-0.3, -0.25) is 0 Å². The van der Waals surface area contributed by atoms with Crippen molar-refractivity contribution in [1.82, 2.24) is 0 Å². The molecule has 1 aromatic rings. The Morgan fingerprint density at radius 3 is 2.11 bits per heavy atom. The first-order valence-electron chi connectivity index (χ1n) is 10.2. The van der Waals surface area contributed by atoms with Crippen molar-refractivity contribution in [3.05, 3.63) is 23.8 Å². The Hall–Kier alpha value is -1.26. The van der Waals surface area contributed by atoms with Crippen LogP contribution in [0.25, 0.3) is 0 Å². The lowest BCUT2D eigenvalue weighted by atomic mass is 9.44. The molecule has 3 rings (SSSR count). The summed E-state index contributed by atoms with van der Waals surface area (Å²) in [6.07, 6.45) is 4.36. The standard InChI is InChI=1S/C23H36O4/c1-21(2)9-7-10-22(3)18(21)8-11-23(4,25)20(22)19(24)15-12-16(26-5)14-17(13-15)27-6/h12-14,18-20,24-25H,7-11H2,1-6H3. The number of methoxy groups -OCH3 is 2. The van der Waals surface area contributed by atoms with Crippen molar-refractivity contribution >= 4 is 0 Å². The molecule has 5 atom stereocenters. The summed E-state index contributed by atoms with van der Waals surface area (Å²) >= 11 is 0. The van der Waals surface area contributed by atoms with E-state index in [1.165, 1.54) is 6.42 Å². The van der Waals surface area contributed by atoms with Crippen LogP contribution >= 0.6 is 0 Å². The first-order valence-corrected chi connectivity index (χ1v) is 10.2. The minimum Gasteiger partial charge on any atom is -0.497 e. The lowest BCUT2D eigenvalue weighted by Crippen LogP contribution is -2.59. The van der Waals surface area contributed by atoms with Crippen molar-refractivity contribution in [1.29, 1.82) is 0 Å². The zero-order valence-corrected chi connectivity index (χ0v) is 17.7. The molecule has 27 heavy (non-hydrogen) atoms. The highest BCUT2D eigenvalue weighted by atomic mass is 16.5. The van der Waals surface area contributed by atoms with Crippen molar-refractivity contribution in [2.45, 2.75) is 71.5 Å². The number of rotatable bonds is 4. The van der Waals surface area contributed by atoms with E-state index >= 15 is 0 Å². The Morgan fingerprint density at radius 1 is 0.963 bits per heavy atom. The van der Waals surface area contributed by atoms with Crippen LogP contribution in [0.1, 0.15) is 71.5 Å². The minimum atomic E-state index is -0.908. The Bertz CT molecular complexity index is 659. The first kappa shape index (κ1) is 20.5. The third kappa shape index (κ3) is 3.47. The Morgan fingerprint density at radius 2 is 1.56 bits per heavy atom. The average molecular weight is 377 g/mol. The van der Waals surface area contributed by atoms with Crippen LogP contribution in [0.15, 0.2) is 18.2 Å². The molecule has 2 aliphatic carbocycles. The molecule has 0 saturated heterocycles. The average Bonchev–Trinajstić information content (AvgIpc) is 2.59. The molecule has 5 unspecified atom stereocenters. The van der Waals surface area contributed by atoms with Gasteiger partial charge in [-0.05, 0) is 67.1 Å². The number of hydrogen-bond acceptors (Lipinski definition) is 4. The smallest absolute Gasteiger partial charge is 0.122 e. The minimum absolute atomic E-state index is 0.112. The molecule has 0 amide bonds. The van der Waals surface area contributed by atoms with Gasteiger partial charge in [0.05, 0.1) is 25.9 Å². The summed E-state index contributed by atoms with van der Waals surface area (Å²) in [6, 6.07) is 5.54. The van der Waals surface area contributed by atoms with Gasteiger partial charge in [0.15, 0.2) is 0 Å². The summed E-state index contributed by atoms with van der Waals surface area (Å²) in [7, 11) is 3.23. The van der Waals surface area contributed by atoms with Crippen LogP contribution in [-0.4, -0.2) is 30.0 Å². The van der Waals surface area contributed by atoms with Crippen molar-refractivity contribution in [3.63, 3.8) is 0 Å². The maximum Gasteiger partial charge on any atom is 0.122 e. The monoisotopic (exact) mass is 376 g/mol. The predicted octanol–water partition coefficient (Wildman–Crippen LogP) is 4.73. The normalized spacial score (nSPS) is 36.6.